The largest absolute Gasteiger partial charge is 0.299 e. The molecule has 0 aromatic carbocycles. The van der Waals surface area contributed by atoms with Crippen LogP contribution in [-0.4, -0.2) is 5.78 Å². The maximum absolute atomic E-state index is 12.5. The minimum absolute atomic E-state index is 0.00567. The van der Waals surface area contributed by atoms with Gasteiger partial charge in [-0.3, -0.25) is 4.79 Å². The Morgan fingerprint density at radius 2 is 1.10 bits per heavy atom. The van der Waals surface area contributed by atoms with Crippen LogP contribution in [0.2, 0.25) is 0 Å². The Bertz CT molecular complexity index is 1340. The number of allylic oxidation sites excluding steroid dienone is 22. The highest BCUT2D eigenvalue weighted by atomic mass is 16.1. The van der Waals surface area contributed by atoms with Crippen molar-refractivity contribution in [3.63, 3.8) is 0 Å². The van der Waals surface area contributed by atoms with Gasteiger partial charge >= 0.3 is 0 Å². The van der Waals surface area contributed by atoms with Crippen LogP contribution in [0.25, 0.3) is 0 Å². The molecule has 1 nitrogen and oxygen atoms in total. The summed E-state index contributed by atoms with van der Waals surface area (Å²) in [4.78, 5) is 12.5. The van der Waals surface area contributed by atoms with Gasteiger partial charge in [-0.25, -0.2) is 0 Å². The van der Waals surface area contributed by atoms with Crippen LogP contribution in [0.15, 0.2) is 130 Å². The summed E-state index contributed by atoms with van der Waals surface area (Å²) in [5, 5.41) is 0. The predicted octanol–water partition coefficient (Wildman–Crippen LogP) is 11.8. The van der Waals surface area contributed by atoms with Gasteiger partial charge in [0.1, 0.15) is 5.78 Å². The van der Waals surface area contributed by atoms with Crippen molar-refractivity contribution >= 4 is 5.78 Å². The molecular weight excluding hydrogens is 496 g/mol. The molecule has 0 saturated carbocycles. The highest BCUT2D eigenvalue weighted by molar-refractivity contribution is 5.89. The van der Waals surface area contributed by atoms with Gasteiger partial charge in [0.2, 0.25) is 0 Å². The molecule has 0 radical (unpaired) electrons. The topological polar surface area (TPSA) is 17.1 Å². The molecule has 1 atom stereocenters. The number of hydrogen-bond donors (Lipinski definition) is 0. The van der Waals surface area contributed by atoms with E-state index in [0.717, 1.165) is 22.3 Å². The molecule has 2 aliphatic carbocycles. The molecular formula is C40H54O. The lowest BCUT2D eigenvalue weighted by atomic mass is 9.71. The van der Waals surface area contributed by atoms with Crippen LogP contribution in [0, 0.1) is 10.8 Å². The second-order valence-electron chi connectivity index (χ2n) is 12.9. The van der Waals surface area contributed by atoms with E-state index in [2.05, 4.69) is 134 Å². The van der Waals surface area contributed by atoms with E-state index in [4.69, 9.17) is 1.37 Å². The summed E-state index contributed by atoms with van der Waals surface area (Å²) in [6, 6.07) is 0. The Hall–Kier alpha value is -3.19. The van der Waals surface area contributed by atoms with Crippen molar-refractivity contribution in [2.24, 2.45) is 10.8 Å². The fraction of sp³-hybridized carbons (Fsp3) is 0.425. The normalized spacial score (nSPS) is 23.9. The molecule has 0 N–H and O–H groups in total. The monoisotopic (exact) mass is 551 g/mol. The van der Waals surface area contributed by atoms with Crippen LogP contribution in [0.5, 0.6) is 0 Å². The van der Waals surface area contributed by atoms with Crippen molar-refractivity contribution in [1.82, 2.24) is 0 Å². The molecule has 0 spiro atoms. The minimum atomic E-state index is -0.642. The molecule has 1 heteroatoms. The highest BCUT2D eigenvalue weighted by Crippen LogP contribution is 2.41. The van der Waals surface area contributed by atoms with Crippen LogP contribution >= 0.6 is 0 Å². The maximum Gasteiger partial charge on any atom is 0.143 e. The minimum Gasteiger partial charge on any atom is -0.299 e. The zero-order valence-corrected chi connectivity index (χ0v) is 27.4. The van der Waals surface area contributed by atoms with Crippen LogP contribution < -0.4 is 0 Å². The van der Waals surface area contributed by atoms with Crippen molar-refractivity contribution in [1.29, 1.82) is 0 Å². The summed E-state index contributed by atoms with van der Waals surface area (Å²) in [5.41, 5.74) is 9.61. The lowest BCUT2D eigenvalue weighted by molar-refractivity contribution is -0.125. The number of hydrogen-bond acceptors (Lipinski definition) is 1. The van der Waals surface area contributed by atoms with Gasteiger partial charge in [-0.1, -0.05) is 132 Å². The van der Waals surface area contributed by atoms with E-state index in [-0.39, 0.29) is 11.2 Å². The highest BCUT2D eigenvalue weighted by Gasteiger charge is 2.34. The Kier molecular flexibility index (Phi) is 12.4. The van der Waals surface area contributed by atoms with Gasteiger partial charge in [0.15, 0.2) is 0 Å². The summed E-state index contributed by atoms with van der Waals surface area (Å²) in [6.07, 6.45) is 33.4. The van der Waals surface area contributed by atoms with Gasteiger partial charge in [-0.05, 0) is 97.6 Å². The third-order valence-electron chi connectivity index (χ3n) is 8.18. The first-order chi connectivity index (χ1) is 19.6. The molecule has 1 unspecified atom stereocenters. The summed E-state index contributed by atoms with van der Waals surface area (Å²) in [5.74, 6) is 0.00567. The third kappa shape index (κ3) is 11.0. The Morgan fingerprint density at radius 1 is 0.659 bits per heavy atom. The molecule has 220 valence electrons. The van der Waals surface area contributed by atoms with Gasteiger partial charge in [-0.2, -0.15) is 0 Å². The molecule has 0 amide bonds. The van der Waals surface area contributed by atoms with E-state index >= 15 is 0 Å². The molecule has 0 aliphatic heterocycles. The van der Waals surface area contributed by atoms with E-state index in [1.807, 2.05) is 20.8 Å². The van der Waals surface area contributed by atoms with Crippen molar-refractivity contribution in [3.05, 3.63) is 130 Å². The van der Waals surface area contributed by atoms with Crippen molar-refractivity contribution < 1.29 is 6.17 Å². The van der Waals surface area contributed by atoms with Crippen LogP contribution in [-0.2, 0) is 4.79 Å². The smallest absolute Gasteiger partial charge is 0.143 e. The van der Waals surface area contributed by atoms with Crippen LogP contribution in [0.3, 0.4) is 0 Å². The number of rotatable bonds is 10. The third-order valence-corrected chi connectivity index (χ3v) is 8.18. The predicted molar refractivity (Wildman–Crippen MR) is 182 cm³/mol. The van der Waals surface area contributed by atoms with Crippen LogP contribution in [0.1, 0.15) is 103 Å². The van der Waals surface area contributed by atoms with Crippen molar-refractivity contribution in [2.45, 2.75) is 101 Å². The van der Waals surface area contributed by atoms with Crippen molar-refractivity contribution in [2.75, 3.05) is 0 Å². The zero-order chi connectivity index (χ0) is 31.5. The van der Waals surface area contributed by atoms with Gasteiger partial charge in [0.25, 0.3) is 0 Å². The SMILES string of the molecule is [2H]C1CC(C)=C(/C=C/C(C)=C/C=C/C(C)=C/C=C/C=C(C)/C=C/C=C(C)/C=C/C2=C(C)CCCC2(C)C)C(C)(C)C1=O. The summed E-state index contributed by atoms with van der Waals surface area (Å²) in [6.45, 7) is 21.3. The molecule has 0 aromatic rings. The molecule has 0 heterocycles. The maximum atomic E-state index is 12.5. The number of carbonyl (C=O) groups is 1. The summed E-state index contributed by atoms with van der Waals surface area (Å²) >= 11 is 0. The van der Waals surface area contributed by atoms with E-state index in [9.17, 15) is 4.79 Å². The molecule has 0 saturated heterocycles. The first-order valence-electron chi connectivity index (χ1n) is 15.7. The van der Waals surface area contributed by atoms with E-state index in [0.29, 0.717) is 6.42 Å². The number of ketones is 1. The van der Waals surface area contributed by atoms with Gasteiger partial charge < -0.3 is 0 Å². The zero-order valence-electron chi connectivity index (χ0n) is 28.4. The standard InChI is InChI=1S/C40H54O/c1-30(18-13-20-32(3)23-26-36-34(5)22-15-29-39(36,7)8)16-11-12-17-31(2)19-14-21-33(4)24-27-37-35(6)25-28-38(41)40(37,9)10/h11-14,16-21,23-24,26-27H,15,22,25,28-29H2,1-10H3/b12-11+,18-13+,19-14+,26-23+,27-24+,30-16+,31-17+,32-20+,33-21+/i28D. The second-order valence-corrected chi connectivity index (χ2v) is 12.9. The number of carbonyl (C=O) groups excluding carboxylic acids is 1. The molecule has 0 aromatic heterocycles. The fourth-order valence-corrected chi connectivity index (χ4v) is 5.41. The Labute approximate surface area is 253 Å². The number of Topliss-reactive ketones (excluding diaryl/α,β-unsaturated/α-hetero) is 1. The lowest BCUT2D eigenvalue weighted by Gasteiger charge is -2.32. The first kappa shape index (κ1) is 32.3. The first-order valence-corrected chi connectivity index (χ1v) is 15.1. The molecule has 0 fully saturated rings. The average molecular weight is 552 g/mol. The molecule has 2 rings (SSSR count). The fourth-order valence-electron chi connectivity index (χ4n) is 5.41. The lowest BCUT2D eigenvalue weighted by Crippen LogP contribution is -2.30. The van der Waals surface area contributed by atoms with E-state index in [1.165, 1.54) is 41.6 Å². The summed E-state index contributed by atoms with van der Waals surface area (Å²) in [7, 11) is 0. The average Bonchev–Trinajstić information content (AvgIpc) is 2.89. The van der Waals surface area contributed by atoms with Crippen LogP contribution in [0.4, 0.5) is 0 Å². The summed E-state index contributed by atoms with van der Waals surface area (Å²) < 4.78 is 8.03. The molecule has 41 heavy (non-hydrogen) atoms. The van der Waals surface area contributed by atoms with Gasteiger partial charge in [-0.15, -0.1) is 0 Å². The Morgan fingerprint density at radius 3 is 1.61 bits per heavy atom. The molecule has 0 bridgehead atoms. The second kappa shape index (κ2) is 15.7. The van der Waals surface area contributed by atoms with Crippen molar-refractivity contribution in [3.8, 4) is 0 Å². The van der Waals surface area contributed by atoms with Gasteiger partial charge in [0.05, 0.1) is 0 Å². The van der Waals surface area contributed by atoms with E-state index in [1.54, 1.807) is 0 Å². The van der Waals surface area contributed by atoms with E-state index < -0.39 is 11.8 Å². The molecule has 2 aliphatic rings. The quantitative estimate of drug-likeness (QED) is 0.247. The van der Waals surface area contributed by atoms with Gasteiger partial charge in [0, 0.05) is 13.2 Å². The Balaban J connectivity index is 1.92.